The summed E-state index contributed by atoms with van der Waals surface area (Å²) in [4.78, 5) is 16.3. The van der Waals surface area contributed by atoms with Crippen molar-refractivity contribution < 1.29 is 14.4 Å². The Hall–Kier alpha value is -2.79. The predicted molar refractivity (Wildman–Crippen MR) is 113 cm³/mol. The van der Waals surface area contributed by atoms with Gasteiger partial charge in [0.05, 0.1) is 32.8 Å². The predicted octanol–water partition coefficient (Wildman–Crippen LogP) is 1.89. The Labute approximate surface area is 171 Å². The van der Waals surface area contributed by atoms with E-state index >= 15 is 0 Å². The van der Waals surface area contributed by atoms with E-state index in [0.29, 0.717) is 6.42 Å². The zero-order chi connectivity index (χ0) is 19.6. The number of fused-ring (bicyclic) bond motifs is 2. The number of rotatable bonds is 5. The molecule has 29 heavy (non-hydrogen) atoms. The fraction of sp³-hybridized carbons (Fsp3) is 0.375. The minimum atomic E-state index is 0.275. The first-order valence-electron chi connectivity index (χ1n) is 10.7. The van der Waals surface area contributed by atoms with Crippen molar-refractivity contribution in [3.05, 3.63) is 65.9 Å². The summed E-state index contributed by atoms with van der Waals surface area (Å²) < 4.78 is 7.79. The fourth-order valence-corrected chi connectivity index (χ4v) is 4.60. The Morgan fingerprint density at radius 3 is 2.83 bits per heavy atom. The van der Waals surface area contributed by atoms with Gasteiger partial charge in [-0.3, -0.25) is 4.79 Å². The third-order valence-electron chi connectivity index (χ3n) is 6.28. The van der Waals surface area contributed by atoms with Gasteiger partial charge in [0.1, 0.15) is 12.3 Å². The average molecular weight is 391 g/mol. The quantitative estimate of drug-likeness (QED) is 0.723. The molecule has 0 saturated carbocycles. The van der Waals surface area contributed by atoms with Crippen molar-refractivity contribution in [1.82, 2.24) is 9.47 Å². The van der Waals surface area contributed by atoms with E-state index in [1.807, 2.05) is 4.90 Å². The second kappa shape index (κ2) is 7.91. The van der Waals surface area contributed by atoms with Gasteiger partial charge in [0, 0.05) is 36.7 Å². The lowest BCUT2D eigenvalue weighted by Gasteiger charge is -2.32. The van der Waals surface area contributed by atoms with Crippen molar-refractivity contribution in [2.75, 3.05) is 32.8 Å². The molecule has 150 valence electrons. The van der Waals surface area contributed by atoms with Crippen LogP contribution in [-0.4, -0.2) is 48.2 Å². The number of piperazine rings is 1. The van der Waals surface area contributed by atoms with Gasteiger partial charge >= 0.3 is 0 Å². The molecule has 1 saturated heterocycles. The van der Waals surface area contributed by atoms with E-state index in [9.17, 15) is 4.79 Å². The van der Waals surface area contributed by atoms with Crippen LogP contribution in [0.15, 0.2) is 54.7 Å². The molecule has 1 N–H and O–H groups in total. The minimum absolute atomic E-state index is 0.275. The summed E-state index contributed by atoms with van der Waals surface area (Å²) in [6.45, 7) is 6.34. The standard InChI is InChI=1S/C24H27N3O2/c28-24(8-11-26-10-7-20-3-1-2-4-22(20)26)27-14-12-25(13-15-27)18-19-5-6-23-21(17-19)9-16-29-23/h1-7,10,17H,8-9,11-16,18H2/p+1. The number of carbonyl (C=O) groups excluding carboxylic acids is 1. The van der Waals surface area contributed by atoms with Crippen LogP contribution in [0.25, 0.3) is 10.9 Å². The van der Waals surface area contributed by atoms with Crippen LogP contribution in [0.1, 0.15) is 17.5 Å². The van der Waals surface area contributed by atoms with Gasteiger partial charge in [-0.2, -0.15) is 0 Å². The molecule has 0 unspecified atom stereocenters. The zero-order valence-electron chi connectivity index (χ0n) is 16.8. The van der Waals surface area contributed by atoms with Gasteiger partial charge in [0.25, 0.3) is 0 Å². The lowest BCUT2D eigenvalue weighted by molar-refractivity contribution is -0.917. The van der Waals surface area contributed by atoms with Gasteiger partial charge in [0.2, 0.25) is 5.91 Å². The number of ether oxygens (including phenoxy) is 1. The first-order valence-corrected chi connectivity index (χ1v) is 10.7. The number of benzene rings is 2. The smallest absolute Gasteiger partial charge is 0.224 e. The summed E-state index contributed by atoms with van der Waals surface area (Å²) in [5.41, 5.74) is 3.92. The molecule has 0 radical (unpaired) electrons. The maximum atomic E-state index is 12.7. The molecular weight excluding hydrogens is 362 g/mol. The van der Waals surface area contributed by atoms with E-state index in [2.05, 4.69) is 59.3 Å². The SMILES string of the molecule is O=C(CCn1ccc2ccccc21)N1CC[NH+](Cc2ccc3c(c2)CCO3)CC1. The van der Waals surface area contributed by atoms with E-state index < -0.39 is 0 Å². The molecule has 0 aliphatic carbocycles. The van der Waals surface area contributed by atoms with Crippen molar-refractivity contribution in [2.24, 2.45) is 0 Å². The number of carbonyl (C=O) groups is 1. The van der Waals surface area contributed by atoms with Crippen molar-refractivity contribution >= 4 is 16.8 Å². The third-order valence-corrected chi connectivity index (χ3v) is 6.28. The zero-order valence-corrected chi connectivity index (χ0v) is 16.8. The second-order valence-electron chi connectivity index (χ2n) is 8.17. The first kappa shape index (κ1) is 18.3. The summed E-state index contributed by atoms with van der Waals surface area (Å²) in [6.07, 6.45) is 3.68. The second-order valence-corrected chi connectivity index (χ2v) is 8.17. The molecule has 5 nitrogen and oxygen atoms in total. The van der Waals surface area contributed by atoms with Crippen LogP contribution < -0.4 is 9.64 Å². The van der Waals surface area contributed by atoms with Crippen molar-refractivity contribution in [3.8, 4) is 5.75 Å². The van der Waals surface area contributed by atoms with E-state index in [0.717, 1.165) is 58.0 Å². The van der Waals surface area contributed by atoms with E-state index in [4.69, 9.17) is 4.74 Å². The highest BCUT2D eigenvalue weighted by Gasteiger charge is 2.24. The van der Waals surface area contributed by atoms with Crippen molar-refractivity contribution in [1.29, 1.82) is 0 Å². The molecule has 3 aromatic rings. The summed E-state index contributed by atoms with van der Waals surface area (Å²) in [7, 11) is 0. The number of aryl methyl sites for hydroxylation is 1. The molecule has 2 aromatic carbocycles. The highest BCUT2D eigenvalue weighted by molar-refractivity contribution is 5.80. The number of para-hydroxylation sites is 1. The maximum Gasteiger partial charge on any atom is 0.224 e. The maximum absolute atomic E-state index is 12.7. The number of aromatic nitrogens is 1. The average Bonchev–Trinajstić information content (AvgIpc) is 3.39. The largest absolute Gasteiger partial charge is 0.493 e. The monoisotopic (exact) mass is 390 g/mol. The summed E-state index contributed by atoms with van der Waals surface area (Å²) in [5.74, 6) is 1.33. The van der Waals surface area contributed by atoms with Crippen LogP contribution in [0.2, 0.25) is 0 Å². The van der Waals surface area contributed by atoms with Crippen LogP contribution in [0.4, 0.5) is 0 Å². The van der Waals surface area contributed by atoms with Crippen molar-refractivity contribution in [2.45, 2.75) is 25.9 Å². The molecule has 1 amide bonds. The molecule has 2 aliphatic heterocycles. The number of nitrogens with one attached hydrogen (secondary N) is 1. The molecule has 0 atom stereocenters. The van der Waals surface area contributed by atoms with Gasteiger partial charge in [0.15, 0.2) is 0 Å². The van der Waals surface area contributed by atoms with Crippen LogP contribution in [0.3, 0.4) is 0 Å². The van der Waals surface area contributed by atoms with Crippen LogP contribution >= 0.6 is 0 Å². The topological polar surface area (TPSA) is 38.9 Å². The van der Waals surface area contributed by atoms with Crippen molar-refractivity contribution in [3.63, 3.8) is 0 Å². The molecule has 0 bridgehead atoms. The van der Waals surface area contributed by atoms with E-state index in [1.54, 1.807) is 4.90 Å². The van der Waals surface area contributed by atoms with Crippen LogP contribution in [-0.2, 0) is 24.3 Å². The number of hydrogen-bond donors (Lipinski definition) is 1. The van der Waals surface area contributed by atoms with Gasteiger partial charge in [-0.25, -0.2) is 0 Å². The number of amides is 1. The van der Waals surface area contributed by atoms with E-state index in [-0.39, 0.29) is 5.91 Å². The lowest BCUT2D eigenvalue weighted by atomic mass is 10.1. The lowest BCUT2D eigenvalue weighted by Crippen LogP contribution is -3.13. The highest BCUT2D eigenvalue weighted by atomic mass is 16.5. The Morgan fingerprint density at radius 2 is 1.93 bits per heavy atom. The molecular formula is C24H28N3O2+. The summed E-state index contributed by atoms with van der Waals surface area (Å²) in [6, 6.07) is 17.1. The minimum Gasteiger partial charge on any atom is -0.493 e. The van der Waals surface area contributed by atoms with Gasteiger partial charge < -0.3 is 19.1 Å². The normalized spacial score (nSPS) is 16.8. The Bertz CT molecular complexity index is 1020. The summed E-state index contributed by atoms with van der Waals surface area (Å²) >= 11 is 0. The molecule has 3 heterocycles. The molecule has 1 fully saturated rings. The van der Waals surface area contributed by atoms with Gasteiger partial charge in [-0.1, -0.05) is 18.2 Å². The number of quaternary nitrogens is 1. The Morgan fingerprint density at radius 1 is 1.07 bits per heavy atom. The number of hydrogen-bond acceptors (Lipinski definition) is 2. The van der Waals surface area contributed by atoms with Gasteiger partial charge in [-0.05, 0) is 41.3 Å². The fourth-order valence-electron chi connectivity index (χ4n) is 4.60. The van der Waals surface area contributed by atoms with Gasteiger partial charge in [-0.15, -0.1) is 0 Å². The first-order chi connectivity index (χ1) is 14.3. The molecule has 5 heteroatoms. The molecule has 0 spiro atoms. The Balaban J connectivity index is 1.12. The number of nitrogens with zero attached hydrogens (tertiary/aromatic N) is 2. The molecule has 5 rings (SSSR count). The van der Waals surface area contributed by atoms with Crippen LogP contribution in [0, 0.1) is 0 Å². The highest BCUT2D eigenvalue weighted by Crippen LogP contribution is 2.25. The van der Waals surface area contributed by atoms with E-state index in [1.165, 1.54) is 22.0 Å². The summed E-state index contributed by atoms with van der Waals surface area (Å²) in [5, 5.41) is 1.23. The molecule has 2 aliphatic rings. The third kappa shape index (κ3) is 3.87. The molecule has 1 aromatic heterocycles. The van der Waals surface area contributed by atoms with Crippen LogP contribution in [0.5, 0.6) is 5.75 Å². The Kier molecular flexibility index (Phi) is 4.98.